The molecule has 2 aromatic carbocycles. The normalized spacial score (nSPS) is 16.7. The van der Waals surface area contributed by atoms with Crippen molar-refractivity contribution in [3.8, 4) is 0 Å². The fourth-order valence-corrected chi connectivity index (χ4v) is 4.26. The Morgan fingerprint density at radius 3 is 2.58 bits per heavy atom. The maximum absolute atomic E-state index is 12.4. The van der Waals surface area contributed by atoms with Gasteiger partial charge in [0, 0.05) is 34.7 Å². The molecule has 31 heavy (non-hydrogen) atoms. The zero-order chi connectivity index (χ0) is 22.2. The van der Waals surface area contributed by atoms with Crippen LogP contribution >= 0.6 is 23.2 Å². The fraction of sp³-hybridized carbons (Fsp3) is 0.391. The van der Waals surface area contributed by atoms with Gasteiger partial charge < -0.3 is 19.5 Å². The highest BCUT2D eigenvalue weighted by molar-refractivity contribution is 6.36. The number of ether oxygens (including phenoxy) is 1. The van der Waals surface area contributed by atoms with E-state index >= 15 is 0 Å². The van der Waals surface area contributed by atoms with Crippen molar-refractivity contribution >= 4 is 46.3 Å². The van der Waals surface area contributed by atoms with E-state index in [1.54, 1.807) is 4.90 Å². The number of rotatable bonds is 4. The second kappa shape index (κ2) is 8.60. The summed E-state index contributed by atoms with van der Waals surface area (Å²) in [7, 11) is 0. The van der Waals surface area contributed by atoms with E-state index in [-0.39, 0.29) is 12.1 Å². The first-order valence-corrected chi connectivity index (χ1v) is 11.1. The molecular formula is C23H26Cl2N4O2. The average molecular weight is 461 g/mol. The number of fused-ring (bicyclic) bond motifs is 1. The lowest BCUT2D eigenvalue weighted by Crippen LogP contribution is -2.36. The van der Waals surface area contributed by atoms with Crippen LogP contribution in [0.2, 0.25) is 10.0 Å². The second-order valence-electron chi connectivity index (χ2n) is 8.77. The summed E-state index contributed by atoms with van der Waals surface area (Å²) in [5.41, 5.74) is 2.21. The predicted octanol–water partition coefficient (Wildman–Crippen LogP) is 5.81. The first-order valence-electron chi connectivity index (χ1n) is 10.3. The summed E-state index contributed by atoms with van der Waals surface area (Å²) in [6.45, 7) is 7.31. The van der Waals surface area contributed by atoms with Gasteiger partial charge in [-0.3, -0.25) is 0 Å². The van der Waals surface area contributed by atoms with E-state index in [1.807, 2.05) is 63.2 Å². The number of nitrogens with one attached hydrogen (secondary N) is 1. The molecule has 0 saturated carbocycles. The molecule has 0 unspecified atom stereocenters. The molecule has 4 rings (SSSR count). The lowest BCUT2D eigenvalue weighted by molar-refractivity contribution is 0.0293. The number of likely N-dealkylation sites (tertiary alicyclic amines) is 1. The van der Waals surface area contributed by atoms with Crippen LogP contribution in [0.25, 0.3) is 11.0 Å². The summed E-state index contributed by atoms with van der Waals surface area (Å²) >= 11 is 12.9. The van der Waals surface area contributed by atoms with Gasteiger partial charge in [0.2, 0.25) is 5.95 Å². The number of aromatic nitrogens is 2. The molecule has 0 radical (unpaired) electrons. The van der Waals surface area contributed by atoms with E-state index < -0.39 is 5.60 Å². The standard InChI is InChI=1S/C23H26Cl2N4O2/c1-23(2,3)31-22(30)28-12-11-15(13-28)26-21-27-19-9-4-5-10-20(19)29(21)14-16-17(24)7-6-8-18(16)25/h4-10,15H,11-14H2,1-3H3,(H,26,27)/t15-/m0/s1. The van der Waals surface area contributed by atoms with E-state index in [1.165, 1.54) is 0 Å². The van der Waals surface area contributed by atoms with Gasteiger partial charge in [0.1, 0.15) is 5.60 Å². The van der Waals surface area contributed by atoms with E-state index in [4.69, 9.17) is 32.9 Å². The first kappa shape index (κ1) is 21.8. The number of amides is 1. The zero-order valence-corrected chi connectivity index (χ0v) is 19.4. The molecule has 1 amide bonds. The molecule has 0 bridgehead atoms. The Hall–Kier alpha value is -2.44. The minimum atomic E-state index is -0.509. The third-order valence-electron chi connectivity index (χ3n) is 5.21. The molecule has 1 fully saturated rings. The van der Waals surface area contributed by atoms with Crippen LogP contribution in [0.5, 0.6) is 0 Å². The maximum Gasteiger partial charge on any atom is 0.410 e. The van der Waals surface area contributed by atoms with Crippen molar-refractivity contribution in [1.29, 1.82) is 0 Å². The van der Waals surface area contributed by atoms with Gasteiger partial charge in [-0.15, -0.1) is 0 Å². The number of anilines is 1. The largest absolute Gasteiger partial charge is 0.444 e. The molecule has 1 atom stereocenters. The zero-order valence-electron chi connectivity index (χ0n) is 17.9. The Labute approximate surface area is 192 Å². The Bertz CT molecular complexity index is 1090. The molecule has 2 heterocycles. The van der Waals surface area contributed by atoms with Crippen molar-refractivity contribution in [3.05, 3.63) is 58.1 Å². The number of para-hydroxylation sites is 2. The predicted molar refractivity (Wildman–Crippen MR) is 125 cm³/mol. The van der Waals surface area contributed by atoms with Gasteiger partial charge in [-0.2, -0.15) is 0 Å². The van der Waals surface area contributed by atoms with E-state index in [0.717, 1.165) is 29.0 Å². The van der Waals surface area contributed by atoms with Crippen LogP contribution in [-0.4, -0.2) is 45.3 Å². The number of hydrogen-bond donors (Lipinski definition) is 1. The highest BCUT2D eigenvalue weighted by Crippen LogP contribution is 2.29. The number of nitrogens with zero attached hydrogens (tertiary/aromatic N) is 3. The molecule has 1 N–H and O–H groups in total. The minimum absolute atomic E-state index is 0.0739. The first-order chi connectivity index (χ1) is 14.7. The molecule has 1 aliphatic rings. The van der Waals surface area contributed by atoms with Gasteiger partial charge in [-0.25, -0.2) is 9.78 Å². The fourth-order valence-electron chi connectivity index (χ4n) is 3.74. The van der Waals surface area contributed by atoms with Crippen molar-refractivity contribution in [2.75, 3.05) is 18.4 Å². The van der Waals surface area contributed by atoms with E-state index in [2.05, 4.69) is 9.88 Å². The van der Waals surface area contributed by atoms with Crippen LogP contribution in [0.4, 0.5) is 10.7 Å². The van der Waals surface area contributed by atoms with Gasteiger partial charge in [0.25, 0.3) is 0 Å². The monoisotopic (exact) mass is 460 g/mol. The number of hydrogen-bond acceptors (Lipinski definition) is 4. The number of carbonyl (C=O) groups excluding carboxylic acids is 1. The third-order valence-corrected chi connectivity index (χ3v) is 5.91. The third kappa shape index (κ3) is 4.91. The molecule has 8 heteroatoms. The summed E-state index contributed by atoms with van der Waals surface area (Å²) in [5, 5.41) is 4.76. The van der Waals surface area contributed by atoms with Crippen molar-refractivity contribution in [3.63, 3.8) is 0 Å². The topological polar surface area (TPSA) is 59.4 Å². The van der Waals surface area contributed by atoms with Crippen molar-refractivity contribution in [2.24, 2.45) is 0 Å². The average Bonchev–Trinajstić information content (AvgIpc) is 3.29. The minimum Gasteiger partial charge on any atom is -0.444 e. The lowest BCUT2D eigenvalue weighted by Gasteiger charge is -2.24. The summed E-state index contributed by atoms with van der Waals surface area (Å²) < 4.78 is 7.59. The molecule has 164 valence electrons. The van der Waals surface area contributed by atoms with Crippen LogP contribution in [-0.2, 0) is 11.3 Å². The van der Waals surface area contributed by atoms with Crippen LogP contribution < -0.4 is 5.32 Å². The van der Waals surface area contributed by atoms with Gasteiger partial charge >= 0.3 is 6.09 Å². The molecular weight excluding hydrogens is 435 g/mol. The van der Waals surface area contributed by atoms with Gasteiger partial charge in [-0.05, 0) is 51.5 Å². The summed E-state index contributed by atoms with van der Waals surface area (Å²) in [6, 6.07) is 13.5. The van der Waals surface area contributed by atoms with Crippen LogP contribution in [0.15, 0.2) is 42.5 Å². The molecule has 1 aliphatic heterocycles. The van der Waals surface area contributed by atoms with Gasteiger partial charge in [0.15, 0.2) is 0 Å². The molecule has 0 spiro atoms. The molecule has 0 aliphatic carbocycles. The Kier molecular flexibility index (Phi) is 6.04. The van der Waals surface area contributed by atoms with Crippen molar-refractivity contribution in [2.45, 2.75) is 45.4 Å². The van der Waals surface area contributed by atoms with Crippen molar-refractivity contribution in [1.82, 2.24) is 14.5 Å². The van der Waals surface area contributed by atoms with Crippen molar-refractivity contribution < 1.29 is 9.53 Å². The number of benzene rings is 2. The highest BCUT2D eigenvalue weighted by Gasteiger charge is 2.30. The highest BCUT2D eigenvalue weighted by atomic mass is 35.5. The number of halogens is 2. The Morgan fingerprint density at radius 1 is 1.16 bits per heavy atom. The molecule has 3 aromatic rings. The summed E-state index contributed by atoms with van der Waals surface area (Å²) in [6.07, 6.45) is 0.531. The number of imidazole rings is 1. The smallest absolute Gasteiger partial charge is 0.410 e. The van der Waals surface area contributed by atoms with Crippen LogP contribution in [0.3, 0.4) is 0 Å². The van der Waals surface area contributed by atoms with Crippen LogP contribution in [0, 0.1) is 0 Å². The van der Waals surface area contributed by atoms with E-state index in [0.29, 0.717) is 29.7 Å². The maximum atomic E-state index is 12.4. The molecule has 1 aromatic heterocycles. The quantitative estimate of drug-likeness (QED) is 0.533. The van der Waals surface area contributed by atoms with Gasteiger partial charge in [-0.1, -0.05) is 41.4 Å². The SMILES string of the molecule is CC(C)(C)OC(=O)N1CC[C@H](Nc2nc3ccccc3n2Cc2c(Cl)cccc2Cl)C1. The molecule has 1 saturated heterocycles. The summed E-state index contributed by atoms with van der Waals surface area (Å²) in [5.74, 6) is 0.730. The molecule has 6 nitrogen and oxygen atoms in total. The van der Waals surface area contributed by atoms with Gasteiger partial charge in [0.05, 0.1) is 17.6 Å². The Morgan fingerprint density at radius 2 is 1.87 bits per heavy atom. The lowest BCUT2D eigenvalue weighted by atomic mass is 10.2. The number of carbonyl (C=O) groups is 1. The summed E-state index contributed by atoms with van der Waals surface area (Å²) in [4.78, 5) is 18.9. The second-order valence-corrected chi connectivity index (χ2v) is 9.58. The van der Waals surface area contributed by atoms with Crippen LogP contribution in [0.1, 0.15) is 32.8 Å². The Balaban J connectivity index is 1.57. The van der Waals surface area contributed by atoms with E-state index in [9.17, 15) is 4.79 Å².